The molecule has 3 fully saturated rings. The van der Waals surface area contributed by atoms with Crippen LogP contribution in [-0.4, -0.2) is 51.3 Å². The van der Waals surface area contributed by atoms with E-state index in [1.807, 2.05) is 16.8 Å². The molecular weight excluding hydrogens is 376 g/mol. The number of hydrogen-bond donors (Lipinski definition) is 1. The first-order valence-corrected chi connectivity index (χ1v) is 11.7. The maximum atomic E-state index is 11.1. The third-order valence-corrected chi connectivity index (χ3v) is 7.35. The molecule has 1 aromatic carbocycles. The van der Waals surface area contributed by atoms with Gasteiger partial charge in [-0.15, -0.1) is 5.10 Å². The Morgan fingerprint density at radius 3 is 2.53 bits per heavy atom. The minimum absolute atomic E-state index is 0.0249. The topological polar surface area (TPSA) is 63.4 Å². The predicted octanol–water partition coefficient (Wildman–Crippen LogP) is 4.09. The van der Waals surface area contributed by atoms with Crippen LogP contribution in [0.3, 0.4) is 0 Å². The fourth-order valence-corrected chi connectivity index (χ4v) is 5.38. The molecule has 0 amide bonds. The number of hydrogen-bond acceptors (Lipinski definition) is 5. The molecule has 2 aliphatic carbocycles. The summed E-state index contributed by atoms with van der Waals surface area (Å²) in [5.74, 6) is 2.22. The van der Waals surface area contributed by atoms with Gasteiger partial charge in [-0.05, 0) is 55.7 Å². The summed E-state index contributed by atoms with van der Waals surface area (Å²) in [6.45, 7) is 1.92. The Labute approximate surface area is 179 Å². The lowest BCUT2D eigenvalue weighted by molar-refractivity contribution is -0.0154. The molecule has 0 radical (unpaired) electrons. The number of piperidine rings is 1. The van der Waals surface area contributed by atoms with Gasteiger partial charge in [-0.1, -0.05) is 36.6 Å². The molecule has 3 aliphatic rings. The predicted molar refractivity (Wildman–Crippen MR) is 116 cm³/mol. The highest BCUT2D eigenvalue weighted by Crippen LogP contribution is 2.41. The molecule has 1 saturated heterocycles. The summed E-state index contributed by atoms with van der Waals surface area (Å²) in [6.07, 6.45) is 11.6. The van der Waals surface area contributed by atoms with Crippen LogP contribution in [0.1, 0.15) is 80.6 Å². The van der Waals surface area contributed by atoms with Gasteiger partial charge in [0.15, 0.2) is 0 Å². The number of likely N-dealkylation sites (tertiary alicyclic amines) is 1. The molecule has 1 aliphatic heterocycles. The van der Waals surface area contributed by atoms with Gasteiger partial charge in [-0.2, -0.15) is 0 Å². The van der Waals surface area contributed by atoms with Crippen molar-refractivity contribution in [3.63, 3.8) is 0 Å². The molecule has 6 nitrogen and oxygen atoms in total. The largest absolute Gasteiger partial charge is 0.497 e. The Balaban J connectivity index is 1.37. The fourth-order valence-electron chi connectivity index (χ4n) is 5.38. The summed E-state index contributed by atoms with van der Waals surface area (Å²) in [5, 5.41) is 19.9. The average molecular weight is 411 g/mol. The smallest absolute Gasteiger partial charge is 0.118 e. The SMILES string of the molecule is COc1ccc([C@H]2C[C@@H](O)[C@H](n3cc(C4CC4)nn3)CN2CC2CCCCC2)cc1. The van der Waals surface area contributed by atoms with E-state index < -0.39 is 6.10 Å². The molecule has 30 heavy (non-hydrogen) atoms. The van der Waals surface area contributed by atoms with E-state index in [0.717, 1.165) is 36.9 Å². The minimum atomic E-state index is -0.423. The number of aliphatic hydroxyl groups is 1. The number of aliphatic hydroxyl groups excluding tert-OH is 1. The second-order valence-corrected chi connectivity index (χ2v) is 9.51. The third-order valence-electron chi connectivity index (χ3n) is 7.35. The Morgan fingerprint density at radius 1 is 1.07 bits per heavy atom. The van der Waals surface area contributed by atoms with Crippen molar-refractivity contribution >= 4 is 0 Å². The van der Waals surface area contributed by atoms with Gasteiger partial charge in [0.05, 0.1) is 24.9 Å². The molecule has 2 saturated carbocycles. The van der Waals surface area contributed by atoms with Crippen molar-refractivity contribution in [3.8, 4) is 5.75 Å². The van der Waals surface area contributed by atoms with Crippen molar-refractivity contribution in [1.29, 1.82) is 0 Å². The van der Waals surface area contributed by atoms with Crippen LogP contribution in [0, 0.1) is 5.92 Å². The van der Waals surface area contributed by atoms with Gasteiger partial charge in [0.25, 0.3) is 0 Å². The van der Waals surface area contributed by atoms with Crippen molar-refractivity contribution in [2.75, 3.05) is 20.2 Å². The highest BCUT2D eigenvalue weighted by Gasteiger charge is 2.38. The number of benzene rings is 1. The molecule has 5 rings (SSSR count). The molecular formula is C24H34N4O2. The maximum Gasteiger partial charge on any atom is 0.118 e. The fraction of sp³-hybridized carbons (Fsp3) is 0.667. The summed E-state index contributed by atoms with van der Waals surface area (Å²) in [7, 11) is 1.70. The molecule has 2 aromatic rings. The Bertz CT molecular complexity index is 826. The second kappa shape index (κ2) is 8.67. The lowest BCUT2D eigenvalue weighted by Crippen LogP contribution is -2.47. The molecule has 162 valence electrons. The van der Waals surface area contributed by atoms with Crippen LogP contribution < -0.4 is 4.74 Å². The number of rotatable bonds is 6. The minimum Gasteiger partial charge on any atom is -0.497 e. The number of ether oxygens (including phenoxy) is 1. The van der Waals surface area contributed by atoms with Crippen LogP contribution in [-0.2, 0) is 0 Å². The van der Waals surface area contributed by atoms with E-state index in [1.165, 1.54) is 50.5 Å². The van der Waals surface area contributed by atoms with Crippen LogP contribution in [0.2, 0.25) is 0 Å². The van der Waals surface area contributed by atoms with E-state index in [-0.39, 0.29) is 12.1 Å². The first-order valence-electron chi connectivity index (χ1n) is 11.7. The summed E-state index contributed by atoms with van der Waals surface area (Å²) in [6, 6.07) is 8.59. The monoisotopic (exact) mass is 410 g/mol. The van der Waals surface area contributed by atoms with E-state index in [9.17, 15) is 5.11 Å². The molecule has 3 atom stereocenters. The van der Waals surface area contributed by atoms with E-state index in [0.29, 0.717) is 5.92 Å². The van der Waals surface area contributed by atoms with E-state index in [1.54, 1.807) is 7.11 Å². The second-order valence-electron chi connectivity index (χ2n) is 9.51. The van der Waals surface area contributed by atoms with Crippen molar-refractivity contribution < 1.29 is 9.84 Å². The van der Waals surface area contributed by atoms with Crippen LogP contribution >= 0.6 is 0 Å². The van der Waals surface area contributed by atoms with Crippen LogP contribution in [0.5, 0.6) is 5.75 Å². The molecule has 0 unspecified atom stereocenters. The highest BCUT2D eigenvalue weighted by atomic mass is 16.5. The number of aromatic nitrogens is 3. The van der Waals surface area contributed by atoms with Gasteiger partial charge in [0, 0.05) is 31.2 Å². The van der Waals surface area contributed by atoms with Gasteiger partial charge in [0.1, 0.15) is 5.75 Å². The van der Waals surface area contributed by atoms with Crippen molar-refractivity contribution in [3.05, 3.63) is 41.7 Å². The zero-order valence-corrected chi connectivity index (χ0v) is 18.0. The first kappa shape index (κ1) is 20.0. The number of nitrogens with zero attached hydrogens (tertiary/aromatic N) is 4. The molecule has 2 heterocycles. The van der Waals surface area contributed by atoms with Crippen LogP contribution in [0.15, 0.2) is 30.5 Å². The normalized spacial score (nSPS) is 28.5. The van der Waals surface area contributed by atoms with E-state index >= 15 is 0 Å². The van der Waals surface area contributed by atoms with E-state index in [4.69, 9.17) is 4.74 Å². The lowest BCUT2D eigenvalue weighted by Gasteiger charge is -2.44. The molecule has 1 N–H and O–H groups in total. The van der Waals surface area contributed by atoms with Crippen LogP contribution in [0.4, 0.5) is 0 Å². The van der Waals surface area contributed by atoms with Gasteiger partial charge >= 0.3 is 0 Å². The molecule has 0 bridgehead atoms. The Hall–Kier alpha value is -1.92. The van der Waals surface area contributed by atoms with Crippen molar-refractivity contribution in [2.24, 2.45) is 5.92 Å². The zero-order chi connectivity index (χ0) is 20.5. The van der Waals surface area contributed by atoms with Crippen LogP contribution in [0.25, 0.3) is 0 Å². The molecule has 0 spiro atoms. The lowest BCUT2D eigenvalue weighted by atomic mass is 9.85. The summed E-state index contributed by atoms with van der Waals surface area (Å²) in [4.78, 5) is 2.60. The quantitative estimate of drug-likeness (QED) is 0.777. The summed E-state index contributed by atoms with van der Waals surface area (Å²) >= 11 is 0. The average Bonchev–Trinajstić information content (AvgIpc) is 3.52. The maximum absolute atomic E-state index is 11.1. The standard InChI is InChI=1S/C24H34N4O2/c1-30-20-11-9-19(10-12-20)22-13-24(29)23(28-15-21(25-26-28)18-7-8-18)16-27(22)14-17-5-3-2-4-6-17/h9-12,15,17-18,22-24,29H,2-8,13-14,16H2,1H3/t22-,23-,24-/m1/s1. The first-order chi connectivity index (χ1) is 14.7. The van der Waals surface area contributed by atoms with Gasteiger partial charge in [0.2, 0.25) is 0 Å². The zero-order valence-electron chi connectivity index (χ0n) is 18.0. The van der Waals surface area contributed by atoms with Crippen molar-refractivity contribution in [2.45, 2.75) is 75.5 Å². The van der Waals surface area contributed by atoms with Gasteiger partial charge < -0.3 is 9.84 Å². The van der Waals surface area contributed by atoms with Gasteiger partial charge in [-0.3, -0.25) is 4.90 Å². The van der Waals surface area contributed by atoms with E-state index in [2.05, 4.69) is 33.5 Å². The summed E-state index contributed by atoms with van der Waals surface area (Å²) < 4.78 is 7.29. The third kappa shape index (κ3) is 4.26. The van der Waals surface area contributed by atoms with Gasteiger partial charge in [-0.25, -0.2) is 4.68 Å². The molecule has 6 heteroatoms. The Kier molecular flexibility index (Phi) is 5.79. The number of methoxy groups -OCH3 is 1. The van der Waals surface area contributed by atoms with Crippen molar-refractivity contribution in [1.82, 2.24) is 19.9 Å². The Morgan fingerprint density at radius 2 is 1.83 bits per heavy atom. The highest BCUT2D eigenvalue weighted by molar-refractivity contribution is 5.29. The summed E-state index contributed by atoms with van der Waals surface area (Å²) in [5.41, 5.74) is 2.36. The molecule has 1 aromatic heterocycles.